The van der Waals surface area contributed by atoms with Crippen LogP contribution in [-0.4, -0.2) is 36.3 Å². The Hall–Kier alpha value is -1.98. The van der Waals surface area contributed by atoms with Crippen LogP contribution in [0, 0.1) is 0 Å². The van der Waals surface area contributed by atoms with Crippen LogP contribution in [0.5, 0.6) is 0 Å². The van der Waals surface area contributed by atoms with Crippen molar-refractivity contribution in [1.29, 1.82) is 0 Å². The summed E-state index contributed by atoms with van der Waals surface area (Å²) in [5.41, 5.74) is 2.38. The van der Waals surface area contributed by atoms with Crippen molar-refractivity contribution in [1.82, 2.24) is 15.3 Å². The Labute approximate surface area is 131 Å². The van der Waals surface area contributed by atoms with Gasteiger partial charge in [0.2, 0.25) is 5.95 Å². The second kappa shape index (κ2) is 7.33. The van der Waals surface area contributed by atoms with Gasteiger partial charge in [0, 0.05) is 43.6 Å². The highest BCUT2D eigenvalue weighted by Crippen LogP contribution is 2.13. The van der Waals surface area contributed by atoms with Crippen molar-refractivity contribution in [2.24, 2.45) is 0 Å². The van der Waals surface area contributed by atoms with Gasteiger partial charge in [0.1, 0.15) is 0 Å². The molecule has 22 heavy (non-hydrogen) atoms. The normalized spacial score (nSPS) is 16.5. The van der Waals surface area contributed by atoms with Crippen LogP contribution in [0.2, 0.25) is 0 Å². The molecule has 0 aliphatic carbocycles. The smallest absolute Gasteiger partial charge is 0.225 e. The minimum atomic E-state index is 0.306. The van der Waals surface area contributed by atoms with E-state index in [1.54, 1.807) is 0 Å². The molecule has 2 heterocycles. The molecule has 5 nitrogen and oxygen atoms in total. The Morgan fingerprint density at radius 3 is 2.50 bits per heavy atom. The van der Waals surface area contributed by atoms with Crippen molar-refractivity contribution in [3.05, 3.63) is 53.9 Å². The van der Waals surface area contributed by atoms with E-state index in [4.69, 9.17) is 4.74 Å². The zero-order valence-electron chi connectivity index (χ0n) is 12.9. The molecule has 0 amide bonds. The van der Waals surface area contributed by atoms with Crippen LogP contribution in [0.3, 0.4) is 0 Å². The first-order chi connectivity index (χ1) is 10.8. The minimum Gasteiger partial charge on any atom is -0.378 e. The largest absolute Gasteiger partial charge is 0.378 e. The third kappa shape index (κ3) is 3.81. The average molecular weight is 298 g/mol. The van der Waals surface area contributed by atoms with Gasteiger partial charge in [-0.15, -0.1) is 0 Å². The zero-order chi connectivity index (χ0) is 15.2. The van der Waals surface area contributed by atoms with Crippen molar-refractivity contribution >= 4 is 5.95 Å². The number of benzene rings is 1. The highest BCUT2D eigenvalue weighted by molar-refractivity contribution is 5.30. The SMILES string of the molecule is C[C@@H](NCc1cnc(N2CCOCC2)nc1)c1ccccc1. The quantitative estimate of drug-likeness (QED) is 0.917. The maximum absolute atomic E-state index is 5.34. The van der Waals surface area contributed by atoms with E-state index in [1.165, 1.54) is 5.56 Å². The number of nitrogens with zero attached hydrogens (tertiary/aromatic N) is 3. The first kappa shape index (κ1) is 14.9. The van der Waals surface area contributed by atoms with Crippen molar-refractivity contribution in [3.63, 3.8) is 0 Å². The molecule has 1 aromatic carbocycles. The average Bonchev–Trinajstić information content (AvgIpc) is 2.61. The van der Waals surface area contributed by atoms with E-state index in [0.29, 0.717) is 6.04 Å². The summed E-state index contributed by atoms with van der Waals surface area (Å²) in [5, 5.41) is 3.50. The number of nitrogens with one attached hydrogen (secondary N) is 1. The van der Waals surface area contributed by atoms with Crippen LogP contribution in [0.15, 0.2) is 42.7 Å². The molecule has 1 saturated heterocycles. The van der Waals surface area contributed by atoms with E-state index in [-0.39, 0.29) is 0 Å². The van der Waals surface area contributed by atoms with E-state index in [1.807, 2.05) is 18.5 Å². The van der Waals surface area contributed by atoms with Gasteiger partial charge in [-0.2, -0.15) is 0 Å². The van der Waals surface area contributed by atoms with E-state index >= 15 is 0 Å². The fourth-order valence-electron chi connectivity index (χ4n) is 2.50. The number of morpholine rings is 1. The molecule has 1 aliphatic rings. The molecule has 0 saturated carbocycles. The Morgan fingerprint density at radius 1 is 1.14 bits per heavy atom. The van der Waals surface area contributed by atoms with Crippen LogP contribution in [0.4, 0.5) is 5.95 Å². The molecule has 2 aromatic rings. The molecule has 3 rings (SSSR count). The van der Waals surface area contributed by atoms with Gasteiger partial charge < -0.3 is 15.0 Å². The van der Waals surface area contributed by atoms with Crippen LogP contribution < -0.4 is 10.2 Å². The lowest BCUT2D eigenvalue weighted by Crippen LogP contribution is -2.37. The lowest BCUT2D eigenvalue weighted by atomic mass is 10.1. The summed E-state index contributed by atoms with van der Waals surface area (Å²) in [5.74, 6) is 0.795. The van der Waals surface area contributed by atoms with E-state index in [0.717, 1.165) is 44.4 Å². The van der Waals surface area contributed by atoms with E-state index in [2.05, 4.69) is 51.4 Å². The second-order valence-electron chi connectivity index (χ2n) is 5.50. The number of hydrogen-bond donors (Lipinski definition) is 1. The molecular weight excluding hydrogens is 276 g/mol. The summed E-state index contributed by atoms with van der Waals surface area (Å²) in [6.07, 6.45) is 3.81. The molecule has 1 aliphatic heterocycles. The third-order valence-electron chi connectivity index (χ3n) is 3.90. The van der Waals surface area contributed by atoms with E-state index < -0.39 is 0 Å². The van der Waals surface area contributed by atoms with E-state index in [9.17, 15) is 0 Å². The van der Waals surface area contributed by atoms with Gasteiger partial charge in [0.25, 0.3) is 0 Å². The van der Waals surface area contributed by atoms with Crippen LogP contribution >= 0.6 is 0 Å². The molecule has 1 atom stereocenters. The summed E-state index contributed by atoms with van der Waals surface area (Å²) >= 11 is 0. The summed E-state index contributed by atoms with van der Waals surface area (Å²) in [7, 11) is 0. The molecular formula is C17H22N4O. The fraction of sp³-hybridized carbons (Fsp3) is 0.412. The van der Waals surface area contributed by atoms with Crippen molar-refractivity contribution in [2.45, 2.75) is 19.5 Å². The highest BCUT2D eigenvalue weighted by atomic mass is 16.5. The Kier molecular flexibility index (Phi) is 4.98. The first-order valence-electron chi connectivity index (χ1n) is 7.75. The standard InChI is InChI=1S/C17H22N4O/c1-14(16-5-3-2-4-6-16)18-11-15-12-19-17(20-13-15)21-7-9-22-10-8-21/h2-6,12-14,18H,7-11H2,1H3/t14-/m1/s1. The van der Waals surface area contributed by atoms with Gasteiger partial charge in [-0.25, -0.2) is 9.97 Å². The zero-order valence-corrected chi connectivity index (χ0v) is 12.9. The van der Waals surface area contributed by atoms with Gasteiger partial charge >= 0.3 is 0 Å². The highest BCUT2D eigenvalue weighted by Gasteiger charge is 2.13. The predicted octanol–water partition coefficient (Wildman–Crippen LogP) is 2.16. The monoisotopic (exact) mass is 298 g/mol. The Morgan fingerprint density at radius 2 is 1.82 bits per heavy atom. The summed E-state index contributed by atoms with van der Waals surface area (Å²) in [6, 6.07) is 10.7. The van der Waals surface area contributed by atoms with Crippen molar-refractivity contribution in [3.8, 4) is 0 Å². The van der Waals surface area contributed by atoms with Gasteiger partial charge in [-0.3, -0.25) is 0 Å². The van der Waals surface area contributed by atoms with Crippen molar-refractivity contribution in [2.75, 3.05) is 31.2 Å². The molecule has 1 aromatic heterocycles. The Bertz CT molecular complexity index is 567. The second-order valence-corrected chi connectivity index (χ2v) is 5.50. The molecule has 0 bridgehead atoms. The predicted molar refractivity (Wildman–Crippen MR) is 86.8 cm³/mol. The minimum absolute atomic E-state index is 0.306. The number of ether oxygens (including phenoxy) is 1. The lowest BCUT2D eigenvalue weighted by Gasteiger charge is -2.26. The molecule has 1 N–H and O–H groups in total. The molecule has 1 fully saturated rings. The van der Waals surface area contributed by atoms with Gasteiger partial charge in [-0.05, 0) is 12.5 Å². The maximum Gasteiger partial charge on any atom is 0.225 e. The van der Waals surface area contributed by atoms with Crippen LogP contribution in [0.25, 0.3) is 0 Å². The van der Waals surface area contributed by atoms with Gasteiger partial charge in [0.15, 0.2) is 0 Å². The topological polar surface area (TPSA) is 50.3 Å². The third-order valence-corrected chi connectivity index (χ3v) is 3.90. The number of rotatable bonds is 5. The first-order valence-corrected chi connectivity index (χ1v) is 7.75. The number of aromatic nitrogens is 2. The fourth-order valence-corrected chi connectivity index (χ4v) is 2.50. The van der Waals surface area contributed by atoms with Crippen LogP contribution in [-0.2, 0) is 11.3 Å². The molecule has 0 unspecified atom stereocenters. The van der Waals surface area contributed by atoms with Crippen LogP contribution in [0.1, 0.15) is 24.1 Å². The van der Waals surface area contributed by atoms with Gasteiger partial charge in [0.05, 0.1) is 13.2 Å². The molecule has 0 spiro atoms. The molecule has 5 heteroatoms. The maximum atomic E-state index is 5.34. The summed E-state index contributed by atoms with van der Waals surface area (Å²) in [4.78, 5) is 11.1. The summed E-state index contributed by atoms with van der Waals surface area (Å²) < 4.78 is 5.34. The molecule has 0 radical (unpaired) electrons. The van der Waals surface area contributed by atoms with Gasteiger partial charge in [-0.1, -0.05) is 30.3 Å². The number of hydrogen-bond acceptors (Lipinski definition) is 5. The lowest BCUT2D eigenvalue weighted by molar-refractivity contribution is 0.122. The molecule has 116 valence electrons. The summed E-state index contributed by atoms with van der Waals surface area (Å²) in [6.45, 7) is 6.16. The Balaban J connectivity index is 1.55. The number of anilines is 1. The van der Waals surface area contributed by atoms with Crippen molar-refractivity contribution < 1.29 is 4.74 Å².